The number of pyridine rings is 1. The predicted octanol–water partition coefficient (Wildman–Crippen LogP) is 5.91. The third-order valence-corrected chi connectivity index (χ3v) is 4.61. The van der Waals surface area contributed by atoms with Crippen LogP contribution in [0.2, 0.25) is 0 Å². The largest absolute Gasteiger partial charge is 0.315 e. The molecule has 5 rings (SSSR count). The van der Waals surface area contributed by atoms with Crippen LogP contribution in [0, 0.1) is 0 Å². The van der Waals surface area contributed by atoms with Crippen molar-refractivity contribution in [3.63, 3.8) is 0 Å². The van der Waals surface area contributed by atoms with Gasteiger partial charge in [-0.05, 0) is 23.1 Å². The zero-order valence-corrected chi connectivity index (χ0v) is 12.6. The van der Waals surface area contributed by atoms with E-state index in [1.165, 1.54) is 38.3 Å². The van der Waals surface area contributed by atoms with Gasteiger partial charge in [0, 0.05) is 22.5 Å². The van der Waals surface area contributed by atoms with E-state index < -0.39 is 0 Å². The lowest BCUT2D eigenvalue weighted by molar-refractivity contribution is 1.29. The minimum absolute atomic E-state index is 1.25. The molecule has 1 heteroatoms. The number of rotatable bonds is 1. The Kier molecular flexibility index (Phi) is 2.56. The third-order valence-electron chi connectivity index (χ3n) is 4.61. The maximum absolute atomic E-state index is 2.32. The van der Waals surface area contributed by atoms with Crippen molar-refractivity contribution in [1.29, 1.82) is 0 Å². The van der Waals surface area contributed by atoms with Crippen molar-refractivity contribution in [2.24, 2.45) is 0 Å². The molecule has 0 bridgehead atoms. The van der Waals surface area contributed by atoms with Gasteiger partial charge >= 0.3 is 0 Å². The summed E-state index contributed by atoms with van der Waals surface area (Å²) in [5, 5.41) is 3.91. The van der Waals surface area contributed by atoms with Crippen molar-refractivity contribution in [2.75, 3.05) is 0 Å². The van der Waals surface area contributed by atoms with Gasteiger partial charge in [-0.2, -0.15) is 0 Å². The number of hydrogen-bond acceptors (Lipinski definition) is 0. The van der Waals surface area contributed by atoms with E-state index in [2.05, 4.69) is 95.5 Å². The molecular weight excluding hydrogens is 278 g/mol. The summed E-state index contributed by atoms with van der Waals surface area (Å²) < 4.78 is 2.32. The molecule has 0 aliphatic heterocycles. The van der Waals surface area contributed by atoms with E-state index in [9.17, 15) is 0 Å². The Bertz CT molecular complexity index is 1150. The average molecular weight is 293 g/mol. The van der Waals surface area contributed by atoms with Crippen LogP contribution in [0.3, 0.4) is 0 Å². The van der Waals surface area contributed by atoms with Crippen LogP contribution in [0.1, 0.15) is 0 Å². The number of hydrogen-bond donors (Lipinski definition) is 0. The lowest BCUT2D eigenvalue weighted by atomic mass is 10.0. The molecule has 0 amide bonds. The number of para-hydroxylation sites is 1. The lowest BCUT2D eigenvalue weighted by Crippen LogP contribution is -1.90. The van der Waals surface area contributed by atoms with E-state index in [0.29, 0.717) is 0 Å². The highest BCUT2D eigenvalue weighted by molar-refractivity contribution is 6.15. The molecule has 0 spiro atoms. The molecule has 0 atom stereocenters. The Morgan fingerprint density at radius 2 is 1.17 bits per heavy atom. The van der Waals surface area contributed by atoms with Crippen LogP contribution in [0.25, 0.3) is 38.3 Å². The quantitative estimate of drug-likeness (QED) is 0.338. The Morgan fingerprint density at radius 1 is 0.522 bits per heavy atom. The molecule has 1 nitrogen and oxygen atoms in total. The van der Waals surface area contributed by atoms with Crippen LogP contribution in [0.4, 0.5) is 0 Å². The van der Waals surface area contributed by atoms with E-state index in [-0.39, 0.29) is 0 Å². The second-order valence-corrected chi connectivity index (χ2v) is 5.88. The number of benzene rings is 3. The van der Waals surface area contributed by atoms with E-state index in [4.69, 9.17) is 0 Å². The van der Waals surface area contributed by atoms with Crippen LogP contribution >= 0.6 is 0 Å². The highest BCUT2D eigenvalue weighted by Crippen LogP contribution is 2.35. The Morgan fingerprint density at radius 3 is 2.00 bits per heavy atom. The van der Waals surface area contributed by atoms with Crippen LogP contribution in [0.5, 0.6) is 0 Å². The molecule has 3 aromatic carbocycles. The van der Waals surface area contributed by atoms with Gasteiger partial charge in [-0.1, -0.05) is 72.8 Å². The Hall–Kier alpha value is -3.06. The van der Waals surface area contributed by atoms with Gasteiger partial charge in [0.15, 0.2) is 0 Å². The second kappa shape index (κ2) is 4.72. The van der Waals surface area contributed by atoms with E-state index in [1.807, 2.05) is 0 Å². The van der Waals surface area contributed by atoms with Crippen molar-refractivity contribution < 1.29 is 0 Å². The van der Waals surface area contributed by atoms with Crippen LogP contribution in [0.15, 0.2) is 91.1 Å². The molecule has 108 valence electrons. The standard InChI is InChI=1S/C22H15N/c1-2-8-16(9-3-1)17-14-15-23-21-13-7-6-11-19(21)18-10-4-5-12-20(18)22(17)23/h1-15H. The summed E-state index contributed by atoms with van der Waals surface area (Å²) in [6.45, 7) is 0. The smallest absolute Gasteiger partial charge is 0.0613 e. The Balaban J connectivity index is 2.06. The maximum atomic E-state index is 2.32. The molecular formula is C22H15N. The molecule has 0 aliphatic rings. The minimum Gasteiger partial charge on any atom is -0.315 e. The van der Waals surface area contributed by atoms with Crippen molar-refractivity contribution >= 4 is 27.2 Å². The summed E-state index contributed by atoms with van der Waals surface area (Å²) in [6.07, 6.45) is 2.19. The molecule has 23 heavy (non-hydrogen) atoms. The van der Waals surface area contributed by atoms with Crippen LogP contribution < -0.4 is 0 Å². The van der Waals surface area contributed by atoms with Gasteiger partial charge in [0.2, 0.25) is 0 Å². The molecule has 0 unspecified atom stereocenters. The van der Waals surface area contributed by atoms with Crippen molar-refractivity contribution in [1.82, 2.24) is 4.40 Å². The molecule has 0 saturated heterocycles. The number of nitrogens with zero attached hydrogens (tertiary/aromatic N) is 1. The summed E-state index contributed by atoms with van der Waals surface area (Å²) in [6, 6.07) is 30.2. The highest BCUT2D eigenvalue weighted by Gasteiger charge is 2.12. The SMILES string of the molecule is c1ccc(-c2ccn3c4ccccc4c4ccccc4c23)cc1. The second-order valence-electron chi connectivity index (χ2n) is 5.88. The summed E-state index contributed by atoms with van der Waals surface area (Å²) in [5.41, 5.74) is 5.08. The molecule has 0 aliphatic carbocycles. The lowest BCUT2D eigenvalue weighted by Gasteiger charge is -2.10. The number of fused-ring (bicyclic) bond motifs is 6. The van der Waals surface area contributed by atoms with Gasteiger partial charge in [0.05, 0.1) is 11.0 Å². The molecule has 0 saturated carbocycles. The Labute approximate surface area is 134 Å². The van der Waals surface area contributed by atoms with E-state index >= 15 is 0 Å². The van der Waals surface area contributed by atoms with Crippen molar-refractivity contribution in [3.8, 4) is 11.1 Å². The van der Waals surface area contributed by atoms with Gasteiger partial charge in [-0.15, -0.1) is 0 Å². The molecule has 2 aromatic heterocycles. The van der Waals surface area contributed by atoms with E-state index in [1.54, 1.807) is 0 Å². The van der Waals surface area contributed by atoms with Gasteiger partial charge in [0.1, 0.15) is 0 Å². The van der Waals surface area contributed by atoms with Gasteiger partial charge in [-0.3, -0.25) is 0 Å². The highest BCUT2D eigenvalue weighted by atomic mass is 14.9. The first-order chi connectivity index (χ1) is 11.4. The minimum atomic E-state index is 1.25. The van der Waals surface area contributed by atoms with Crippen molar-refractivity contribution in [3.05, 3.63) is 91.1 Å². The first-order valence-corrected chi connectivity index (χ1v) is 7.89. The topological polar surface area (TPSA) is 4.41 Å². The summed E-state index contributed by atoms with van der Waals surface area (Å²) in [4.78, 5) is 0. The van der Waals surface area contributed by atoms with Crippen LogP contribution in [-0.2, 0) is 0 Å². The van der Waals surface area contributed by atoms with Gasteiger partial charge in [0.25, 0.3) is 0 Å². The third kappa shape index (κ3) is 1.74. The first-order valence-electron chi connectivity index (χ1n) is 7.89. The average Bonchev–Trinajstić information content (AvgIpc) is 3.08. The number of aromatic nitrogens is 1. The molecule has 5 aromatic rings. The maximum Gasteiger partial charge on any atom is 0.0613 e. The summed E-state index contributed by atoms with van der Waals surface area (Å²) in [7, 11) is 0. The van der Waals surface area contributed by atoms with Gasteiger partial charge < -0.3 is 4.40 Å². The first kappa shape index (κ1) is 12.5. The fourth-order valence-corrected chi connectivity index (χ4v) is 3.59. The molecule has 0 N–H and O–H groups in total. The fourth-order valence-electron chi connectivity index (χ4n) is 3.59. The molecule has 0 radical (unpaired) electrons. The zero-order chi connectivity index (χ0) is 15.2. The van der Waals surface area contributed by atoms with E-state index in [0.717, 1.165) is 0 Å². The van der Waals surface area contributed by atoms with Crippen LogP contribution in [-0.4, -0.2) is 4.40 Å². The monoisotopic (exact) mass is 293 g/mol. The predicted molar refractivity (Wildman–Crippen MR) is 97.8 cm³/mol. The molecule has 2 heterocycles. The van der Waals surface area contributed by atoms with Gasteiger partial charge in [-0.25, -0.2) is 0 Å². The normalized spacial score (nSPS) is 11.5. The summed E-state index contributed by atoms with van der Waals surface area (Å²) >= 11 is 0. The zero-order valence-electron chi connectivity index (χ0n) is 12.6. The summed E-state index contributed by atoms with van der Waals surface area (Å²) in [5.74, 6) is 0. The van der Waals surface area contributed by atoms with Crippen molar-refractivity contribution in [2.45, 2.75) is 0 Å². The molecule has 0 fully saturated rings. The fraction of sp³-hybridized carbons (Fsp3) is 0.